The summed E-state index contributed by atoms with van der Waals surface area (Å²) in [6, 6.07) is 13.1. The van der Waals surface area contributed by atoms with E-state index < -0.39 is 0 Å². The third-order valence-corrected chi connectivity index (χ3v) is 5.35. The topological polar surface area (TPSA) is 32.8 Å². The zero-order valence-electron chi connectivity index (χ0n) is 17.1. The average molecular weight is 369 g/mol. The number of methoxy groups -OCH3 is 1. The minimum Gasteiger partial charge on any atom is -0.497 e. The second-order valence-corrected chi connectivity index (χ2v) is 8.18. The van der Waals surface area contributed by atoms with Gasteiger partial charge in [-0.25, -0.2) is 0 Å². The summed E-state index contributed by atoms with van der Waals surface area (Å²) in [4.78, 5) is 17.0. The van der Waals surface area contributed by atoms with Crippen LogP contribution in [0.3, 0.4) is 0 Å². The Morgan fingerprint density at radius 2 is 1.85 bits per heavy atom. The van der Waals surface area contributed by atoms with E-state index in [0.29, 0.717) is 25.0 Å². The van der Waals surface area contributed by atoms with E-state index in [1.54, 1.807) is 7.11 Å². The van der Waals surface area contributed by atoms with Crippen molar-refractivity contribution >= 4 is 16.7 Å². The van der Waals surface area contributed by atoms with Gasteiger partial charge in [0.15, 0.2) is 0 Å². The van der Waals surface area contributed by atoms with Gasteiger partial charge >= 0.3 is 0 Å². The van der Waals surface area contributed by atoms with Crippen LogP contribution in [0.4, 0.5) is 0 Å². The van der Waals surface area contributed by atoms with Crippen molar-refractivity contribution < 1.29 is 9.53 Å². The molecule has 0 unspecified atom stereocenters. The van der Waals surface area contributed by atoms with Crippen LogP contribution in [-0.2, 0) is 11.3 Å². The van der Waals surface area contributed by atoms with E-state index in [1.807, 2.05) is 24.1 Å². The van der Waals surface area contributed by atoms with Crippen LogP contribution in [-0.4, -0.2) is 49.0 Å². The number of carbonyl (C=O) groups excluding carboxylic acids is 1. The lowest BCUT2D eigenvalue weighted by Gasteiger charge is -2.25. The number of nitrogens with zero attached hydrogens (tertiary/aromatic N) is 2. The van der Waals surface area contributed by atoms with E-state index in [9.17, 15) is 4.79 Å². The van der Waals surface area contributed by atoms with Gasteiger partial charge in [0.1, 0.15) is 5.75 Å². The Balaban J connectivity index is 1.60. The second kappa shape index (κ2) is 8.75. The van der Waals surface area contributed by atoms with E-state index in [1.165, 1.54) is 18.2 Å². The molecule has 4 heteroatoms. The molecule has 1 aliphatic carbocycles. The van der Waals surface area contributed by atoms with Gasteiger partial charge in [0.2, 0.25) is 5.91 Å². The Bertz CT molecular complexity index is 783. The van der Waals surface area contributed by atoms with Gasteiger partial charge in [-0.1, -0.05) is 32.0 Å². The van der Waals surface area contributed by atoms with Crippen molar-refractivity contribution in [3.8, 4) is 5.75 Å². The first-order chi connectivity index (χ1) is 13.0. The number of amides is 1. The van der Waals surface area contributed by atoms with E-state index in [-0.39, 0.29) is 5.91 Å². The normalized spacial score (nSPS) is 14.1. The van der Waals surface area contributed by atoms with Gasteiger partial charge in [-0.05, 0) is 66.3 Å². The van der Waals surface area contributed by atoms with Crippen molar-refractivity contribution in [2.45, 2.75) is 45.7 Å². The summed E-state index contributed by atoms with van der Waals surface area (Å²) < 4.78 is 5.29. The van der Waals surface area contributed by atoms with E-state index in [2.05, 4.69) is 43.0 Å². The predicted octanol–water partition coefficient (Wildman–Crippen LogP) is 4.32. The third-order valence-electron chi connectivity index (χ3n) is 5.35. The highest BCUT2D eigenvalue weighted by molar-refractivity contribution is 5.84. The molecule has 1 amide bonds. The average Bonchev–Trinajstić information content (AvgIpc) is 3.49. The van der Waals surface area contributed by atoms with E-state index in [0.717, 1.165) is 29.7 Å². The molecule has 2 aromatic carbocycles. The van der Waals surface area contributed by atoms with Crippen LogP contribution in [0.2, 0.25) is 0 Å². The van der Waals surface area contributed by atoms with Crippen molar-refractivity contribution in [3.05, 3.63) is 42.0 Å². The number of rotatable bonds is 9. The second-order valence-electron chi connectivity index (χ2n) is 8.18. The molecule has 1 fully saturated rings. The number of carbonyl (C=O) groups is 1. The van der Waals surface area contributed by atoms with Gasteiger partial charge in [0.05, 0.1) is 13.7 Å². The Kier molecular flexibility index (Phi) is 6.38. The quantitative estimate of drug-likeness (QED) is 0.661. The monoisotopic (exact) mass is 368 g/mol. The van der Waals surface area contributed by atoms with Gasteiger partial charge in [-0.2, -0.15) is 0 Å². The summed E-state index contributed by atoms with van der Waals surface area (Å²) in [5, 5.41) is 2.33. The molecule has 0 aliphatic heterocycles. The lowest BCUT2D eigenvalue weighted by molar-refractivity contribution is -0.131. The van der Waals surface area contributed by atoms with Crippen LogP contribution >= 0.6 is 0 Å². The highest BCUT2D eigenvalue weighted by atomic mass is 16.5. The molecule has 1 aliphatic rings. The van der Waals surface area contributed by atoms with Crippen LogP contribution in [0.5, 0.6) is 5.75 Å². The van der Waals surface area contributed by atoms with Crippen LogP contribution in [0, 0.1) is 5.92 Å². The molecule has 3 rings (SSSR count). The summed E-state index contributed by atoms with van der Waals surface area (Å²) in [5.41, 5.74) is 1.16. The van der Waals surface area contributed by atoms with Crippen molar-refractivity contribution in [3.63, 3.8) is 0 Å². The molecule has 0 spiro atoms. The number of likely N-dealkylation sites (N-methyl/N-ethyl adjacent to an activating group) is 1. The van der Waals surface area contributed by atoms with Crippen LogP contribution in [0.25, 0.3) is 10.8 Å². The number of ether oxygens (including phenoxy) is 1. The first kappa shape index (κ1) is 19.7. The maximum Gasteiger partial charge on any atom is 0.236 e. The molecule has 0 N–H and O–H groups in total. The Morgan fingerprint density at radius 3 is 2.52 bits per heavy atom. The smallest absolute Gasteiger partial charge is 0.236 e. The first-order valence-corrected chi connectivity index (χ1v) is 10.0. The molecule has 0 saturated heterocycles. The van der Waals surface area contributed by atoms with Crippen LogP contribution in [0.1, 0.15) is 38.7 Å². The zero-order valence-corrected chi connectivity index (χ0v) is 17.1. The number of hydrogen-bond donors (Lipinski definition) is 0. The van der Waals surface area contributed by atoms with Crippen molar-refractivity contribution in [2.75, 3.05) is 27.2 Å². The van der Waals surface area contributed by atoms with E-state index in [4.69, 9.17) is 4.74 Å². The third kappa shape index (κ3) is 5.46. The molecule has 0 bridgehead atoms. The first-order valence-electron chi connectivity index (χ1n) is 10.0. The molecule has 4 nitrogen and oxygen atoms in total. The number of hydrogen-bond acceptors (Lipinski definition) is 3. The van der Waals surface area contributed by atoms with Crippen LogP contribution < -0.4 is 4.74 Å². The number of fused-ring (bicyclic) bond motifs is 1. The zero-order chi connectivity index (χ0) is 19.4. The fourth-order valence-corrected chi connectivity index (χ4v) is 3.41. The highest BCUT2D eigenvalue weighted by Gasteiger charge is 2.30. The van der Waals surface area contributed by atoms with Gasteiger partial charge in [-0.3, -0.25) is 9.69 Å². The molecular formula is C23H32N2O2. The fourth-order valence-electron chi connectivity index (χ4n) is 3.41. The standard InChI is InChI=1S/C23H32N2O2/c1-17(2)11-12-25(21-8-9-21)16-23(26)24(3)15-18-5-6-20-14-22(27-4)10-7-19(20)13-18/h5-7,10,13-14,17,21H,8-9,11-12,15-16H2,1-4H3. The SMILES string of the molecule is COc1ccc2cc(CN(C)C(=O)CN(CCC(C)C)C3CC3)ccc2c1. The molecule has 1 saturated carbocycles. The molecule has 0 aromatic heterocycles. The highest BCUT2D eigenvalue weighted by Crippen LogP contribution is 2.27. The summed E-state index contributed by atoms with van der Waals surface area (Å²) in [6.07, 6.45) is 3.63. The molecular weight excluding hydrogens is 336 g/mol. The Hall–Kier alpha value is -2.07. The molecule has 0 heterocycles. The van der Waals surface area contributed by atoms with Crippen LogP contribution in [0.15, 0.2) is 36.4 Å². The molecule has 0 radical (unpaired) electrons. The molecule has 0 atom stereocenters. The largest absolute Gasteiger partial charge is 0.497 e. The predicted molar refractivity (Wildman–Crippen MR) is 111 cm³/mol. The minimum atomic E-state index is 0.209. The van der Waals surface area contributed by atoms with Crippen molar-refractivity contribution in [1.82, 2.24) is 9.80 Å². The van der Waals surface area contributed by atoms with Crippen molar-refractivity contribution in [1.29, 1.82) is 0 Å². The molecule has 27 heavy (non-hydrogen) atoms. The van der Waals surface area contributed by atoms with Crippen molar-refractivity contribution in [2.24, 2.45) is 5.92 Å². The summed E-state index contributed by atoms with van der Waals surface area (Å²) in [5.74, 6) is 1.75. The Labute approximate surface area is 163 Å². The fraction of sp³-hybridized carbons (Fsp3) is 0.522. The van der Waals surface area contributed by atoms with Gasteiger partial charge in [-0.15, -0.1) is 0 Å². The van der Waals surface area contributed by atoms with E-state index >= 15 is 0 Å². The molecule has 146 valence electrons. The number of benzene rings is 2. The summed E-state index contributed by atoms with van der Waals surface area (Å²) in [6.45, 7) is 6.70. The minimum absolute atomic E-state index is 0.209. The Morgan fingerprint density at radius 1 is 1.15 bits per heavy atom. The van der Waals surface area contributed by atoms with Gasteiger partial charge in [0.25, 0.3) is 0 Å². The lowest BCUT2D eigenvalue weighted by Crippen LogP contribution is -2.40. The molecule has 2 aromatic rings. The summed E-state index contributed by atoms with van der Waals surface area (Å²) >= 11 is 0. The maximum atomic E-state index is 12.7. The lowest BCUT2D eigenvalue weighted by atomic mass is 10.1. The summed E-state index contributed by atoms with van der Waals surface area (Å²) in [7, 11) is 3.59. The van der Waals surface area contributed by atoms with Gasteiger partial charge in [0, 0.05) is 19.6 Å². The van der Waals surface area contributed by atoms with Gasteiger partial charge < -0.3 is 9.64 Å². The maximum absolute atomic E-state index is 12.7.